The Morgan fingerprint density at radius 1 is 1.27 bits per heavy atom. The van der Waals surface area contributed by atoms with Crippen molar-refractivity contribution >= 4 is 29.9 Å². The van der Waals surface area contributed by atoms with Gasteiger partial charge in [-0.3, -0.25) is 0 Å². The van der Waals surface area contributed by atoms with Gasteiger partial charge >= 0.3 is 0 Å². The number of likely N-dealkylation sites (tertiary alicyclic amines) is 1. The van der Waals surface area contributed by atoms with E-state index in [1.807, 2.05) is 6.92 Å². The van der Waals surface area contributed by atoms with E-state index in [4.69, 9.17) is 9.47 Å². The lowest BCUT2D eigenvalue weighted by Gasteiger charge is -2.34. The smallest absolute Gasteiger partial charge is 0.191 e. The monoisotopic (exact) mass is 534 g/mol. The van der Waals surface area contributed by atoms with E-state index in [-0.39, 0.29) is 35.9 Å². The second-order valence-corrected chi connectivity index (χ2v) is 8.05. The standard InChI is InChI=1S/C22H35FN4O2.HI/c1-3-24-22(25-14-17(2)29-21-6-4-19(23)5-7-21)26-20-8-11-27(12-9-20)15-18-10-13-28-16-18;/h4-7,17-18,20H,3,8-16H2,1-2H3,(H2,24,25,26);1H. The Morgan fingerprint density at radius 2 is 2.00 bits per heavy atom. The minimum absolute atomic E-state index is 0. The molecule has 2 heterocycles. The SMILES string of the molecule is CCNC(=NCC(C)Oc1ccc(F)cc1)NC1CCN(CC2CCOC2)CC1.I. The normalized spacial score (nSPS) is 21.7. The first-order valence-corrected chi connectivity index (χ1v) is 10.9. The van der Waals surface area contributed by atoms with E-state index in [0.717, 1.165) is 51.6 Å². The van der Waals surface area contributed by atoms with Crippen LogP contribution >= 0.6 is 24.0 Å². The van der Waals surface area contributed by atoms with Crippen LogP contribution in [0.25, 0.3) is 0 Å². The highest BCUT2D eigenvalue weighted by atomic mass is 127. The third kappa shape index (κ3) is 8.55. The first-order valence-electron chi connectivity index (χ1n) is 10.9. The Bertz CT molecular complexity index is 633. The predicted octanol–water partition coefficient (Wildman–Crippen LogP) is 3.27. The second-order valence-electron chi connectivity index (χ2n) is 8.05. The molecule has 0 spiro atoms. The number of ether oxygens (including phenoxy) is 2. The lowest BCUT2D eigenvalue weighted by Crippen LogP contribution is -2.49. The largest absolute Gasteiger partial charge is 0.489 e. The molecule has 170 valence electrons. The van der Waals surface area contributed by atoms with Gasteiger partial charge in [0.15, 0.2) is 5.96 Å². The van der Waals surface area contributed by atoms with Crippen LogP contribution in [0, 0.1) is 11.7 Å². The van der Waals surface area contributed by atoms with Crippen molar-refractivity contribution in [2.45, 2.75) is 45.3 Å². The number of piperidine rings is 1. The van der Waals surface area contributed by atoms with Crippen LogP contribution in [0.5, 0.6) is 5.75 Å². The Hall–Kier alpha value is -1.13. The van der Waals surface area contributed by atoms with E-state index in [2.05, 4.69) is 27.4 Å². The number of nitrogens with zero attached hydrogens (tertiary/aromatic N) is 2. The lowest BCUT2D eigenvalue weighted by molar-refractivity contribution is 0.150. The van der Waals surface area contributed by atoms with E-state index in [1.165, 1.54) is 25.1 Å². The summed E-state index contributed by atoms with van der Waals surface area (Å²) < 4.78 is 24.3. The molecule has 2 saturated heterocycles. The van der Waals surface area contributed by atoms with Gasteiger partial charge in [0.2, 0.25) is 0 Å². The van der Waals surface area contributed by atoms with Crippen LogP contribution in [-0.2, 0) is 4.74 Å². The fourth-order valence-electron chi connectivity index (χ4n) is 3.87. The minimum atomic E-state index is -0.260. The molecule has 2 aliphatic heterocycles. The summed E-state index contributed by atoms with van der Waals surface area (Å²) in [4.78, 5) is 7.26. The summed E-state index contributed by atoms with van der Waals surface area (Å²) in [6.45, 7) is 10.7. The number of rotatable bonds is 8. The third-order valence-corrected chi connectivity index (χ3v) is 5.47. The molecule has 3 rings (SSSR count). The fourth-order valence-corrected chi connectivity index (χ4v) is 3.87. The average Bonchev–Trinajstić information content (AvgIpc) is 3.23. The zero-order chi connectivity index (χ0) is 20.5. The van der Waals surface area contributed by atoms with Gasteiger partial charge in [-0.1, -0.05) is 0 Å². The summed E-state index contributed by atoms with van der Waals surface area (Å²) in [6.07, 6.45) is 3.36. The highest BCUT2D eigenvalue weighted by Gasteiger charge is 2.24. The topological polar surface area (TPSA) is 58.1 Å². The van der Waals surface area contributed by atoms with Gasteiger partial charge in [-0.25, -0.2) is 9.38 Å². The van der Waals surface area contributed by atoms with Gasteiger partial charge in [0.25, 0.3) is 0 Å². The summed E-state index contributed by atoms with van der Waals surface area (Å²) in [7, 11) is 0. The molecule has 30 heavy (non-hydrogen) atoms. The van der Waals surface area contributed by atoms with Crippen LogP contribution in [0.2, 0.25) is 0 Å². The van der Waals surface area contributed by atoms with Crippen molar-refractivity contribution in [3.05, 3.63) is 30.1 Å². The molecule has 0 bridgehead atoms. The van der Waals surface area contributed by atoms with Crippen molar-refractivity contribution in [3.63, 3.8) is 0 Å². The summed E-state index contributed by atoms with van der Waals surface area (Å²) in [5.41, 5.74) is 0. The first kappa shape index (κ1) is 25.1. The van der Waals surface area contributed by atoms with Crippen molar-refractivity contribution in [2.75, 3.05) is 45.9 Å². The highest BCUT2D eigenvalue weighted by Crippen LogP contribution is 2.18. The Kier molecular flexibility index (Phi) is 11.2. The van der Waals surface area contributed by atoms with E-state index < -0.39 is 0 Å². The maximum Gasteiger partial charge on any atom is 0.191 e. The van der Waals surface area contributed by atoms with Crippen molar-refractivity contribution in [2.24, 2.45) is 10.9 Å². The molecule has 2 N–H and O–H groups in total. The molecule has 0 radical (unpaired) electrons. The molecule has 2 unspecified atom stereocenters. The van der Waals surface area contributed by atoms with Crippen LogP contribution in [0.3, 0.4) is 0 Å². The Labute approximate surface area is 197 Å². The molecule has 6 nitrogen and oxygen atoms in total. The number of nitrogens with one attached hydrogen (secondary N) is 2. The number of hydrogen-bond acceptors (Lipinski definition) is 4. The molecule has 2 aliphatic rings. The Morgan fingerprint density at radius 3 is 2.63 bits per heavy atom. The number of aliphatic imine (C=N–C) groups is 1. The van der Waals surface area contributed by atoms with Crippen molar-refractivity contribution in [3.8, 4) is 5.75 Å². The van der Waals surface area contributed by atoms with Crippen molar-refractivity contribution < 1.29 is 13.9 Å². The van der Waals surface area contributed by atoms with Gasteiger partial charge in [0.1, 0.15) is 17.7 Å². The quantitative estimate of drug-likeness (QED) is 0.305. The summed E-state index contributed by atoms with van der Waals surface area (Å²) in [5.74, 6) is 1.95. The number of guanidine groups is 1. The van der Waals surface area contributed by atoms with Crippen LogP contribution in [0.1, 0.15) is 33.1 Å². The average molecular weight is 534 g/mol. The molecule has 2 fully saturated rings. The highest BCUT2D eigenvalue weighted by molar-refractivity contribution is 14.0. The number of benzene rings is 1. The summed E-state index contributed by atoms with van der Waals surface area (Å²) in [6, 6.07) is 6.54. The van der Waals surface area contributed by atoms with Gasteiger partial charge in [-0.2, -0.15) is 0 Å². The molecule has 0 saturated carbocycles. The fraction of sp³-hybridized carbons (Fsp3) is 0.682. The van der Waals surface area contributed by atoms with Gasteiger partial charge in [0, 0.05) is 38.8 Å². The van der Waals surface area contributed by atoms with E-state index >= 15 is 0 Å². The zero-order valence-electron chi connectivity index (χ0n) is 18.1. The van der Waals surface area contributed by atoms with Gasteiger partial charge in [-0.15, -0.1) is 24.0 Å². The zero-order valence-corrected chi connectivity index (χ0v) is 20.4. The van der Waals surface area contributed by atoms with Crippen LogP contribution in [0.4, 0.5) is 4.39 Å². The summed E-state index contributed by atoms with van der Waals surface area (Å²) >= 11 is 0. The molecule has 1 aromatic carbocycles. The minimum Gasteiger partial charge on any atom is -0.489 e. The van der Waals surface area contributed by atoms with Crippen LogP contribution < -0.4 is 15.4 Å². The van der Waals surface area contributed by atoms with Gasteiger partial charge < -0.3 is 25.0 Å². The van der Waals surface area contributed by atoms with Crippen LogP contribution in [-0.4, -0.2) is 68.9 Å². The number of halogens is 2. The molecular formula is C22H36FIN4O2. The summed E-state index contributed by atoms with van der Waals surface area (Å²) in [5, 5.41) is 6.91. The Balaban J connectivity index is 0.00000320. The van der Waals surface area contributed by atoms with E-state index in [1.54, 1.807) is 12.1 Å². The van der Waals surface area contributed by atoms with Crippen molar-refractivity contribution in [1.82, 2.24) is 15.5 Å². The molecular weight excluding hydrogens is 498 g/mol. The van der Waals surface area contributed by atoms with Crippen molar-refractivity contribution in [1.29, 1.82) is 0 Å². The second kappa shape index (κ2) is 13.3. The van der Waals surface area contributed by atoms with E-state index in [0.29, 0.717) is 24.3 Å². The maximum atomic E-state index is 13.0. The van der Waals surface area contributed by atoms with Crippen LogP contribution in [0.15, 0.2) is 29.3 Å². The first-order chi connectivity index (χ1) is 14.1. The molecule has 0 aliphatic carbocycles. The molecule has 0 amide bonds. The predicted molar refractivity (Wildman–Crippen MR) is 129 cm³/mol. The third-order valence-electron chi connectivity index (χ3n) is 5.47. The molecule has 1 aromatic rings. The van der Waals surface area contributed by atoms with Gasteiger partial charge in [0.05, 0.1) is 13.2 Å². The lowest BCUT2D eigenvalue weighted by atomic mass is 10.0. The molecule has 8 heteroatoms. The molecule has 0 aromatic heterocycles. The number of hydrogen-bond donors (Lipinski definition) is 2. The maximum absolute atomic E-state index is 13.0. The van der Waals surface area contributed by atoms with E-state index in [9.17, 15) is 4.39 Å². The van der Waals surface area contributed by atoms with Gasteiger partial charge in [-0.05, 0) is 63.3 Å². The molecule has 2 atom stereocenters.